The molecule has 4 heteroatoms. The molecule has 0 spiro atoms. The van der Waals surface area contributed by atoms with Crippen molar-refractivity contribution in [1.82, 2.24) is 4.98 Å². The van der Waals surface area contributed by atoms with Crippen LogP contribution in [0.4, 0.5) is 5.69 Å². The molecule has 0 fully saturated rings. The molecule has 0 radical (unpaired) electrons. The van der Waals surface area contributed by atoms with Crippen molar-refractivity contribution in [3.63, 3.8) is 0 Å². The van der Waals surface area contributed by atoms with Crippen LogP contribution in [0.15, 0.2) is 12.1 Å². The van der Waals surface area contributed by atoms with Crippen molar-refractivity contribution in [3.05, 3.63) is 23.5 Å². The van der Waals surface area contributed by atoms with Gasteiger partial charge >= 0.3 is 0 Å². The fourth-order valence-electron chi connectivity index (χ4n) is 0.925. The first-order valence-corrected chi connectivity index (χ1v) is 5.43. The number of hydrogen-bond acceptors (Lipinski definition) is 4. The van der Waals surface area contributed by atoms with Gasteiger partial charge in [-0.15, -0.1) is 0 Å². The number of pyridine rings is 1. The maximum Gasteiger partial charge on any atom is 0.186 e. The number of carbonyl (C=O) groups is 1. The Hall–Kier alpha value is -1.47. The lowest BCUT2D eigenvalue weighted by Crippen LogP contribution is -1.95. The lowest BCUT2D eigenvalue weighted by molar-refractivity contribution is -0.109. The Morgan fingerprint density at radius 3 is 3.00 bits per heavy atom. The largest absolute Gasteiger partial charge is 0.396 e. The molecule has 2 N–H and O–H groups in total. The SMILES string of the molecule is CC(=O)SCC#Cc1nc(C)ccc1N. The van der Waals surface area contributed by atoms with Gasteiger partial charge in [-0.3, -0.25) is 4.79 Å². The lowest BCUT2D eigenvalue weighted by Gasteiger charge is -1.97. The molecule has 78 valence electrons. The zero-order chi connectivity index (χ0) is 11.3. The number of nitrogens with two attached hydrogens (primary N) is 1. The molecule has 0 atom stereocenters. The molecule has 15 heavy (non-hydrogen) atoms. The third kappa shape index (κ3) is 4.05. The molecule has 1 heterocycles. The zero-order valence-electron chi connectivity index (χ0n) is 8.70. The van der Waals surface area contributed by atoms with E-state index in [0.717, 1.165) is 5.69 Å². The Morgan fingerprint density at radius 1 is 1.60 bits per heavy atom. The summed E-state index contributed by atoms with van der Waals surface area (Å²) in [4.78, 5) is 14.8. The first-order valence-electron chi connectivity index (χ1n) is 4.45. The van der Waals surface area contributed by atoms with Crippen molar-refractivity contribution in [3.8, 4) is 11.8 Å². The smallest absolute Gasteiger partial charge is 0.186 e. The van der Waals surface area contributed by atoms with E-state index in [0.29, 0.717) is 17.1 Å². The third-order valence-electron chi connectivity index (χ3n) is 1.62. The van der Waals surface area contributed by atoms with Crippen LogP contribution >= 0.6 is 11.8 Å². The van der Waals surface area contributed by atoms with Crippen LogP contribution in [0.5, 0.6) is 0 Å². The van der Waals surface area contributed by atoms with Gasteiger partial charge in [-0.05, 0) is 25.0 Å². The van der Waals surface area contributed by atoms with Crippen LogP contribution in [0, 0.1) is 18.8 Å². The first-order chi connectivity index (χ1) is 7.09. The van der Waals surface area contributed by atoms with Crippen LogP contribution in [0.1, 0.15) is 18.3 Å². The molecule has 0 aromatic carbocycles. The van der Waals surface area contributed by atoms with Crippen molar-refractivity contribution in [1.29, 1.82) is 0 Å². The molecule has 3 nitrogen and oxygen atoms in total. The van der Waals surface area contributed by atoms with E-state index in [-0.39, 0.29) is 5.12 Å². The third-order valence-corrected chi connectivity index (χ3v) is 2.32. The van der Waals surface area contributed by atoms with Gasteiger partial charge in [-0.1, -0.05) is 17.7 Å². The maximum atomic E-state index is 10.6. The summed E-state index contributed by atoms with van der Waals surface area (Å²) in [6, 6.07) is 3.62. The van der Waals surface area contributed by atoms with E-state index in [1.807, 2.05) is 13.0 Å². The number of rotatable bonds is 1. The van der Waals surface area contributed by atoms with Crippen LogP contribution in [0.2, 0.25) is 0 Å². The fourth-order valence-corrected chi connectivity index (χ4v) is 1.27. The monoisotopic (exact) mass is 220 g/mol. The number of carbonyl (C=O) groups excluding carboxylic acids is 1. The van der Waals surface area contributed by atoms with Crippen molar-refractivity contribution in [2.45, 2.75) is 13.8 Å². The Bertz CT molecular complexity index is 432. The molecule has 1 rings (SSSR count). The highest BCUT2D eigenvalue weighted by Gasteiger charge is 1.96. The van der Waals surface area contributed by atoms with Crippen LogP contribution < -0.4 is 5.73 Å². The van der Waals surface area contributed by atoms with Gasteiger partial charge in [-0.25, -0.2) is 4.98 Å². The van der Waals surface area contributed by atoms with Crippen LogP contribution in [-0.4, -0.2) is 15.9 Å². The number of nitrogen functional groups attached to an aromatic ring is 1. The van der Waals surface area contributed by atoms with Crippen LogP contribution in [-0.2, 0) is 4.79 Å². The highest BCUT2D eigenvalue weighted by atomic mass is 32.2. The molecule has 0 bridgehead atoms. The molecule has 0 unspecified atom stereocenters. The van der Waals surface area contributed by atoms with E-state index in [1.54, 1.807) is 6.07 Å². The van der Waals surface area contributed by atoms with Gasteiger partial charge in [0.05, 0.1) is 11.4 Å². The van der Waals surface area contributed by atoms with E-state index in [1.165, 1.54) is 18.7 Å². The van der Waals surface area contributed by atoms with Gasteiger partial charge in [0, 0.05) is 12.6 Å². The van der Waals surface area contributed by atoms with Gasteiger partial charge in [0.15, 0.2) is 5.12 Å². The van der Waals surface area contributed by atoms with Crippen molar-refractivity contribution in [2.75, 3.05) is 11.5 Å². The molecule has 1 aromatic rings. The van der Waals surface area contributed by atoms with E-state index in [2.05, 4.69) is 16.8 Å². The molecule has 0 amide bonds. The highest BCUT2D eigenvalue weighted by molar-refractivity contribution is 8.13. The van der Waals surface area contributed by atoms with Crippen LogP contribution in [0.3, 0.4) is 0 Å². The summed E-state index contributed by atoms with van der Waals surface area (Å²) in [6.45, 7) is 3.40. The Labute approximate surface area is 93.5 Å². The lowest BCUT2D eigenvalue weighted by atomic mass is 10.2. The number of thioether (sulfide) groups is 1. The predicted molar refractivity (Wildman–Crippen MR) is 63.4 cm³/mol. The van der Waals surface area contributed by atoms with E-state index < -0.39 is 0 Å². The predicted octanol–water partition coefficient (Wildman–Crippen LogP) is 1.60. The van der Waals surface area contributed by atoms with Gasteiger partial charge in [0.2, 0.25) is 0 Å². The molecule has 0 saturated heterocycles. The number of anilines is 1. The number of hydrogen-bond donors (Lipinski definition) is 1. The van der Waals surface area contributed by atoms with E-state index >= 15 is 0 Å². The van der Waals surface area contributed by atoms with Crippen molar-refractivity contribution < 1.29 is 4.79 Å². The van der Waals surface area contributed by atoms with Crippen molar-refractivity contribution >= 4 is 22.6 Å². The van der Waals surface area contributed by atoms with Gasteiger partial charge in [0.1, 0.15) is 5.69 Å². The highest BCUT2D eigenvalue weighted by Crippen LogP contribution is 2.08. The second kappa shape index (κ2) is 5.42. The first kappa shape index (κ1) is 11.6. The molecule has 0 aliphatic rings. The minimum Gasteiger partial charge on any atom is -0.396 e. The molecule has 0 aliphatic carbocycles. The Balaban J connectivity index is 2.71. The average molecular weight is 220 g/mol. The number of nitrogens with zero attached hydrogens (tertiary/aromatic N) is 1. The summed E-state index contributed by atoms with van der Waals surface area (Å²) in [5, 5.41) is 0.0643. The maximum absolute atomic E-state index is 10.6. The van der Waals surface area contributed by atoms with Gasteiger partial charge in [0.25, 0.3) is 0 Å². The molecule has 0 saturated carbocycles. The molecule has 0 aliphatic heterocycles. The van der Waals surface area contributed by atoms with Crippen molar-refractivity contribution in [2.24, 2.45) is 0 Å². The summed E-state index contributed by atoms with van der Waals surface area (Å²) >= 11 is 1.18. The summed E-state index contributed by atoms with van der Waals surface area (Å²) in [5.74, 6) is 6.18. The second-order valence-corrected chi connectivity index (χ2v) is 4.12. The van der Waals surface area contributed by atoms with Gasteiger partial charge < -0.3 is 5.73 Å². The topological polar surface area (TPSA) is 56.0 Å². The summed E-state index contributed by atoms with van der Waals surface area (Å²) in [6.07, 6.45) is 0. The van der Waals surface area contributed by atoms with Crippen LogP contribution in [0.25, 0.3) is 0 Å². The number of aryl methyl sites for hydroxylation is 1. The minimum atomic E-state index is 0.0643. The zero-order valence-corrected chi connectivity index (χ0v) is 9.52. The number of aromatic nitrogens is 1. The Morgan fingerprint density at radius 2 is 2.33 bits per heavy atom. The molecular weight excluding hydrogens is 208 g/mol. The summed E-state index contributed by atoms with van der Waals surface area (Å²) in [5.41, 5.74) is 7.73. The summed E-state index contributed by atoms with van der Waals surface area (Å²) in [7, 11) is 0. The fraction of sp³-hybridized carbons (Fsp3) is 0.273. The second-order valence-electron chi connectivity index (χ2n) is 2.97. The Kier molecular flexibility index (Phi) is 4.19. The van der Waals surface area contributed by atoms with Gasteiger partial charge in [-0.2, -0.15) is 0 Å². The summed E-state index contributed by atoms with van der Waals surface area (Å²) < 4.78 is 0. The standard InChI is InChI=1S/C11H12N2OS/c1-8-5-6-10(12)11(13-8)4-3-7-15-9(2)14/h5-6H,7,12H2,1-2H3. The van der Waals surface area contributed by atoms with E-state index in [4.69, 9.17) is 5.73 Å². The van der Waals surface area contributed by atoms with E-state index in [9.17, 15) is 4.79 Å². The minimum absolute atomic E-state index is 0.0643. The quantitative estimate of drug-likeness (QED) is 0.730. The normalized spacial score (nSPS) is 9.20. The molecule has 1 aromatic heterocycles. The average Bonchev–Trinajstić information content (AvgIpc) is 2.17. The molecular formula is C11H12N2OS.